The molecule has 0 aliphatic heterocycles. The molecular formula is C10H15ClN2. The second-order valence-electron chi connectivity index (χ2n) is 4.09. The van der Waals surface area contributed by atoms with Gasteiger partial charge in [-0.25, -0.2) is 9.97 Å². The predicted octanol–water partition coefficient (Wildman–Crippen LogP) is 2.99. The molecule has 1 rings (SSSR count). The quantitative estimate of drug-likeness (QED) is 0.694. The van der Waals surface area contributed by atoms with Crippen LogP contribution in [0.25, 0.3) is 0 Å². The fourth-order valence-corrected chi connectivity index (χ4v) is 1.69. The zero-order chi connectivity index (χ0) is 10.1. The lowest BCUT2D eigenvalue weighted by Gasteiger charge is -2.19. The summed E-state index contributed by atoms with van der Waals surface area (Å²) in [4.78, 5) is 8.34. The van der Waals surface area contributed by atoms with Crippen LogP contribution in [0.5, 0.6) is 0 Å². The van der Waals surface area contributed by atoms with Crippen LogP contribution in [0.4, 0.5) is 0 Å². The third-order valence-electron chi connectivity index (χ3n) is 1.91. The van der Waals surface area contributed by atoms with Crippen LogP contribution in [0.15, 0.2) is 6.33 Å². The van der Waals surface area contributed by atoms with Gasteiger partial charge in [0.15, 0.2) is 0 Å². The molecule has 0 atom stereocenters. The lowest BCUT2D eigenvalue weighted by atomic mass is 9.91. The van der Waals surface area contributed by atoms with Gasteiger partial charge in [-0.1, -0.05) is 39.3 Å². The molecule has 72 valence electrons. The second-order valence-corrected chi connectivity index (χ2v) is 4.46. The van der Waals surface area contributed by atoms with Crippen molar-refractivity contribution in [3.63, 3.8) is 0 Å². The molecule has 1 aromatic heterocycles. The van der Waals surface area contributed by atoms with Gasteiger partial charge < -0.3 is 0 Å². The molecule has 3 heteroatoms. The molecule has 0 amide bonds. The molecule has 1 heterocycles. The lowest BCUT2D eigenvalue weighted by molar-refractivity contribution is 0.565. The highest BCUT2D eigenvalue weighted by Gasteiger charge is 2.20. The summed E-state index contributed by atoms with van der Waals surface area (Å²) in [6, 6.07) is 0. The average molecular weight is 199 g/mol. The third kappa shape index (κ3) is 2.19. The van der Waals surface area contributed by atoms with Crippen LogP contribution < -0.4 is 0 Å². The Morgan fingerprint density at radius 1 is 1.31 bits per heavy atom. The molecule has 0 bridgehead atoms. The van der Waals surface area contributed by atoms with E-state index in [0.717, 1.165) is 22.8 Å². The van der Waals surface area contributed by atoms with Gasteiger partial charge in [0.2, 0.25) is 0 Å². The van der Waals surface area contributed by atoms with Crippen LogP contribution >= 0.6 is 11.6 Å². The highest BCUT2D eigenvalue weighted by Crippen LogP contribution is 2.28. The predicted molar refractivity (Wildman–Crippen MR) is 55.1 cm³/mol. The van der Waals surface area contributed by atoms with Crippen molar-refractivity contribution in [1.82, 2.24) is 9.97 Å². The van der Waals surface area contributed by atoms with Gasteiger partial charge in [0.05, 0.1) is 16.4 Å². The van der Waals surface area contributed by atoms with E-state index in [-0.39, 0.29) is 5.41 Å². The largest absolute Gasteiger partial charge is 0.240 e. The smallest absolute Gasteiger partial charge is 0.116 e. The monoisotopic (exact) mass is 198 g/mol. The maximum atomic E-state index is 6.17. The van der Waals surface area contributed by atoms with Crippen LogP contribution in [0, 0.1) is 0 Å². The van der Waals surface area contributed by atoms with Crippen molar-refractivity contribution >= 4 is 11.6 Å². The van der Waals surface area contributed by atoms with Crippen molar-refractivity contribution in [3.05, 3.63) is 22.7 Å². The van der Waals surface area contributed by atoms with Crippen molar-refractivity contribution in [2.24, 2.45) is 0 Å². The Morgan fingerprint density at radius 2 is 1.92 bits per heavy atom. The van der Waals surface area contributed by atoms with E-state index in [9.17, 15) is 0 Å². The minimum Gasteiger partial charge on any atom is -0.240 e. The molecule has 0 saturated heterocycles. The van der Waals surface area contributed by atoms with E-state index >= 15 is 0 Å². The van der Waals surface area contributed by atoms with Crippen molar-refractivity contribution in [2.75, 3.05) is 0 Å². The summed E-state index contributed by atoms with van der Waals surface area (Å²) < 4.78 is 0. The summed E-state index contributed by atoms with van der Waals surface area (Å²) in [7, 11) is 0. The molecular weight excluding hydrogens is 184 g/mol. The molecule has 0 radical (unpaired) electrons. The van der Waals surface area contributed by atoms with Crippen molar-refractivity contribution < 1.29 is 0 Å². The molecule has 0 aliphatic carbocycles. The average Bonchev–Trinajstić information content (AvgIpc) is 2.02. The summed E-state index contributed by atoms with van der Waals surface area (Å²) >= 11 is 6.17. The van der Waals surface area contributed by atoms with E-state index < -0.39 is 0 Å². The van der Waals surface area contributed by atoms with Gasteiger partial charge >= 0.3 is 0 Å². The first kappa shape index (κ1) is 10.5. The first-order chi connectivity index (χ1) is 5.96. The van der Waals surface area contributed by atoms with Gasteiger partial charge in [-0.05, 0) is 6.42 Å². The minimum absolute atomic E-state index is 0.00998. The number of hydrogen-bond donors (Lipinski definition) is 0. The molecule has 1 aromatic rings. The van der Waals surface area contributed by atoms with Gasteiger partial charge in [-0.2, -0.15) is 0 Å². The van der Waals surface area contributed by atoms with Gasteiger partial charge in [0.25, 0.3) is 0 Å². The van der Waals surface area contributed by atoms with Crippen molar-refractivity contribution in [2.45, 2.75) is 39.5 Å². The van der Waals surface area contributed by atoms with Gasteiger partial charge in [-0.15, -0.1) is 0 Å². The molecule has 0 saturated carbocycles. The van der Waals surface area contributed by atoms with E-state index in [1.807, 2.05) is 6.92 Å². The maximum Gasteiger partial charge on any atom is 0.116 e. The second kappa shape index (κ2) is 3.62. The summed E-state index contributed by atoms with van der Waals surface area (Å²) in [6.07, 6.45) is 2.44. The van der Waals surface area contributed by atoms with Crippen LogP contribution in [0.3, 0.4) is 0 Å². The van der Waals surface area contributed by atoms with E-state index in [4.69, 9.17) is 11.6 Å². The number of aryl methyl sites for hydroxylation is 1. The van der Waals surface area contributed by atoms with Gasteiger partial charge in [0, 0.05) is 5.41 Å². The number of nitrogens with zero attached hydrogens (tertiary/aromatic N) is 2. The van der Waals surface area contributed by atoms with Crippen LogP contribution in [-0.4, -0.2) is 9.97 Å². The Hall–Kier alpha value is -0.630. The molecule has 0 aliphatic rings. The van der Waals surface area contributed by atoms with Crippen LogP contribution in [0.1, 0.15) is 39.1 Å². The molecule has 0 unspecified atom stereocenters. The van der Waals surface area contributed by atoms with E-state index in [0.29, 0.717) is 0 Å². The molecule has 0 aromatic carbocycles. The van der Waals surface area contributed by atoms with Crippen LogP contribution in [-0.2, 0) is 11.8 Å². The lowest BCUT2D eigenvalue weighted by Crippen LogP contribution is -2.15. The number of halogens is 1. The van der Waals surface area contributed by atoms with E-state index in [1.54, 1.807) is 6.33 Å². The Kier molecular flexibility index (Phi) is 2.91. The number of rotatable bonds is 1. The summed E-state index contributed by atoms with van der Waals surface area (Å²) in [5.41, 5.74) is 1.85. The molecule has 0 N–H and O–H groups in total. The molecule has 0 fully saturated rings. The zero-order valence-electron chi connectivity index (χ0n) is 8.56. The van der Waals surface area contributed by atoms with E-state index in [1.165, 1.54) is 0 Å². The zero-order valence-corrected chi connectivity index (χ0v) is 9.31. The Labute approximate surface area is 84.4 Å². The number of hydrogen-bond acceptors (Lipinski definition) is 2. The normalized spacial score (nSPS) is 11.8. The molecule has 13 heavy (non-hydrogen) atoms. The maximum absolute atomic E-state index is 6.17. The molecule has 2 nitrogen and oxygen atoms in total. The SMILES string of the molecule is CCc1ncnc(C(C)(C)C)c1Cl. The Bertz CT molecular complexity index is 302. The first-order valence-corrected chi connectivity index (χ1v) is 4.84. The topological polar surface area (TPSA) is 25.8 Å². The van der Waals surface area contributed by atoms with Gasteiger partial charge in [0.1, 0.15) is 6.33 Å². The minimum atomic E-state index is -0.00998. The third-order valence-corrected chi connectivity index (χ3v) is 2.30. The first-order valence-electron chi connectivity index (χ1n) is 4.46. The summed E-state index contributed by atoms with van der Waals surface area (Å²) in [5, 5.41) is 0.720. The van der Waals surface area contributed by atoms with Crippen LogP contribution in [0.2, 0.25) is 5.02 Å². The standard InChI is InChI=1S/C10H15ClN2/c1-5-7-8(11)9(10(2,3)4)13-6-12-7/h6H,5H2,1-4H3. The fourth-order valence-electron chi connectivity index (χ4n) is 1.18. The van der Waals surface area contributed by atoms with E-state index in [2.05, 4.69) is 30.7 Å². The fraction of sp³-hybridized carbons (Fsp3) is 0.600. The Morgan fingerprint density at radius 3 is 2.38 bits per heavy atom. The summed E-state index contributed by atoms with van der Waals surface area (Å²) in [6.45, 7) is 8.34. The molecule has 0 spiro atoms. The highest BCUT2D eigenvalue weighted by atomic mass is 35.5. The highest BCUT2D eigenvalue weighted by molar-refractivity contribution is 6.31. The summed E-state index contributed by atoms with van der Waals surface area (Å²) in [5.74, 6) is 0. The van der Waals surface area contributed by atoms with Gasteiger partial charge in [-0.3, -0.25) is 0 Å². The Balaban J connectivity index is 3.24. The number of aromatic nitrogens is 2. The van der Waals surface area contributed by atoms with Crippen molar-refractivity contribution in [1.29, 1.82) is 0 Å². The van der Waals surface area contributed by atoms with Crippen molar-refractivity contribution in [3.8, 4) is 0 Å².